The second-order valence-corrected chi connectivity index (χ2v) is 5.43. The van der Waals surface area contributed by atoms with Crippen molar-refractivity contribution >= 4 is 0 Å². The Bertz CT molecular complexity index is 793. The zero-order chi connectivity index (χ0) is 15.5. The van der Waals surface area contributed by atoms with Crippen molar-refractivity contribution in [1.29, 1.82) is 0 Å². The number of aryl methyl sites for hydroxylation is 3. The minimum Gasteiger partial charge on any atom is -0.484 e. The lowest BCUT2D eigenvalue weighted by Crippen LogP contribution is -1.97. The highest BCUT2D eigenvalue weighted by atomic mass is 16.5. The predicted molar refractivity (Wildman–Crippen MR) is 84.7 cm³/mol. The topological polar surface area (TPSA) is 48.2 Å². The number of benzene rings is 2. The highest BCUT2D eigenvalue weighted by Gasteiger charge is 2.10. The normalized spacial score (nSPS) is 10.7. The van der Waals surface area contributed by atoms with Gasteiger partial charge in [-0.1, -0.05) is 35.4 Å². The summed E-state index contributed by atoms with van der Waals surface area (Å²) in [4.78, 5) is 0. The molecular formula is C18H18N2O2. The van der Waals surface area contributed by atoms with Crippen LogP contribution >= 0.6 is 0 Å². The van der Waals surface area contributed by atoms with Crippen LogP contribution in [-0.4, -0.2) is 10.2 Å². The van der Waals surface area contributed by atoms with Crippen LogP contribution in [0.3, 0.4) is 0 Å². The van der Waals surface area contributed by atoms with E-state index < -0.39 is 0 Å². The number of aromatic nitrogens is 2. The Labute approximate surface area is 129 Å². The monoisotopic (exact) mass is 294 g/mol. The van der Waals surface area contributed by atoms with Crippen LogP contribution in [0.1, 0.15) is 22.6 Å². The molecule has 4 heteroatoms. The molecule has 2 aromatic carbocycles. The van der Waals surface area contributed by atoms with Crippen LogP contribution in [0.25, 0.3) is 11.5 Å². The molecule has 0 bridgehead atoms. The Morgan fingerprint density at radius 3 is 2.55 bits per heavy atom. The van der Waals surface area contributed by atoms with Crippen molar-refractivity contribution in [2.24, 2.45) is 0 Å². The molecule has 0 saturated carbocycles. The maximum absolute atomic E-state index is 5.75. The third-order valence-electron chi connectivity index (χ3n) is 3.41. The Kier molecular flexibility index (Phi) is 3.92. The molecule has 0 radical (unpaired) electrons. The predicted octanol–water partition coefficient (Wildman–Crippen LogP) is 4.24. The first-order valence-electron chi connectivity index (χ1n) is 7.21. The zero-order valence-electron chi connectivity index (χ0n) is 13.0. The number of ether oxygens (including phenoxy) is 1. The van der Waals surface area contributed by atoms with E-state index in [2.05, 4.69) is 23.2 Å². The molecule has 1 heterocycles. The molecule has 0 unspecified atom stereocenters. The SMILES string of the molecule is Cc1cccc(-c2nnc(COc3ccc(C)cc3C)o2)c1. The van der Waals surface area contributed by atoms with Crippen molar-refractivity contribution in [2.75, 3.05) is 0 Å². The van der Waals surface area contributed by atoms with Gasteiger partial charge in [-0.15, -0.1) is 10.2 Å². The van der Waals surface area contributed by atoms with E-state index in [0.717, 1.165) is 22.4 Å². The first-order chi connectivity index (χ1) is 10.6. The summed E-state index contributed by atoms with van der Waals surface area (Å²) in [6.45, 7) is 6.38. The molecule has 22 heavy (non-hydrogen) atoms. The van der Waals surface area contributed by atoms with E-state index in [9.17, 15) is 0 Å². The van der Waals surface area contributed by atoms with Crippen LogP contribution in [-0.2, 0) is 6.61 Å². The van der Waals surface area contributed by atoms with Gasteiger partial charge in [0.2, 0.25) is 5.89 Å². The molecular weight excluding hydrogens is 276 g/mol. The summed E-state index contributed by atoms with van der Waals surface area (Å²) in [5.41, 5.74) is 4.39. The lowest BCUT2D eigenvalue weighted by atomic mass is 10.1. The van der Waals surface area contributed by atoms with Gasteiger partial charge in [-0.25, -0.2) is 0 Å². The molecule has 112 valence electrons. The van der Waals surface area contributed by atoms with Crippen LogP contribution in [0.5, 0.6) is 5.75 Å². The smallest absolute Gasteiger partial charge is 0.254 e. The van der Waals surface area contributed by atoms with Crippen LogP contribution < -0.4 is 4.74 Å². The maximum Gasteiger partial charge on any atom is 0.254 e. The summed E-state index contributed by atoms with van der Waals surface area (Å²) in [6.07, 6.45) is 0. The summed E-state index contributed by atoms with van der Waals surface area (Å²) in [7, 11) is 0. The zero-order valence-corrected chi connectivity index (χ0v) is 13.0. The van der Waals surface area contributed by atoms with E-state index in [4.69, 9.17) is 9.15 Å². The second kappa shape index (κ2) is 6.02. The van der Waals surface area contributed by atoms with Crippen LogP contribution in [0.15, 0.2) is 46.9 Å². The van der Waals surface area contributed by atoms with E-state index in [1.807, 2.05) is 50.2 Å². The highest BCUT2D eigenvalue weighted by molar-refractivity contribution is 5.53. The third-order valence-corrected chi connectivity index (χ3v) is 3.41. The van der Waals surface area contributed by atoms with Gasteiger partial charge in [0.05, 0.1) is 0 Å². The van der Waals surface area contributed by atoms with Crippen molar-refractivity contribution < 1.29 is 9.15 Å². The Hall–Kier alpha value is -2.62. The lowest BCUT2D eigenvalue weighted by Gasteiger charge is -2.07. The molecule has 0 atom stereocenters. The number of hydrogen-bond donors (Lipinski definition) is 0. The third kappa shape index (κ3) is 3.17. The summed E-state index contributed by atoms with van der Waals surface area (Å²) in [5, 5.41) is 8.12. The standard InChI is InChI=1S/C18H18N2O2/c1-12-5-4-6-15(10-12)18-20-19-17(22-18)11-21-16-8-7-13(2)9-14(16)3/h4-10H,11H2,1-3H3. The molecule has 4 nitrogen and oxygen atoms in total. The molecule has 0 aliphatic carbocycles. The van der Waals surface area contributed by atoms with Gasteiger partial charge in [-0.05, 0) is 44.5 Å². The summed E-state index contributed by atoms with van der Waals surface area (Å²) in [6, 6.07) is 14.0. The molecule has 0 aliphatic rings. The molecule has 0 N–H and O–H groups in total. The Morgan fingerprint density at radius 2 is 1.77 bits per heavy atom. The van der Waals surface area contributed by atoms with Gasteiger partial charge >= 0.3 is 0 Å². The first-order valence-corrected chi connectivity index (χ1v) is 7.21. The second-order valence-electron chi connectivity index (χ2n) is 5.43. The average Bonchev–Trinajstić information content (AvgIpc) is 2.95. The van der Waals surface area contributed by atoms with Gasteiger partial charge in [0.15, 0.2) is 6.61 Å². The largest absolute Gasteiger partial charge is 0.484 e. The quantitative estimate of drug-likeness (QED) is 0.722. The average molecular weight is 294 g/mol. The van der Waals surface area contributed by atoms with Crippen LogP contribution in [0, 0.1) is 20.8 Å². The molecule has 3 rings (SSSR count). The molecule has 1 aromatic heterocycles. The fourth-order valence-electron chi connectivity index (χ4n) is 2.31. The number of hydrogen-bond acceptors (Lipinski definition) is 4. The van der Waals surface area contributed by atoms with E-state index >= 15 is 0 Å². The van der Waals surface area contributed by atoms with Crippen molar-refractivity contribution in [3.8, 4) is 17.2 Å². The molecule has 0 spiro atoms. The highest BCUT2D eigenvalue weighted by Crippen LogP contribution is 2.22. The van der Waals surface area contributed by atoms with E-state index in [1.54, 1.807) is 0 Å². The van der Waals surface area contributed by atoms with Crippen molar-refractivity contribution in [3.63, 3.8) is 0 Å². The molecule has 0 amide bonds. The summed E-state index contributed by atoms with van der Waals surface area (Å²) in [5.74, 6) is 1.82. The van der Waals surface area contributed by atoms with Crippen molar-refractivity contribution in [2.45, 2.75) is 27.4 Å². The lowest BCUT2D eigenvalue weighted by molar-refractivity contribution is 0.263. The minimum absolute atomic E-state index is 0.267. The van der Waals surface area contributed by atoms with Gasteiger partial charge in [-0.2, -0.15) is 0 Å². The van der Waals surface area contributed by atoms with Crippen LogP contribution in [0.2, 0.25) is 0 Å². The fraction of sp³-hybridized carbons (Fsp3) is 0.222. The van der Waals surface area contributed by atoms with Gasteiger partial charge in [0.1, 0.15) is 5.75 Å². The number of rotatable bonds is 4. The maximum atomic E-state index is 5.75. The summed E-state index contributed by atoms with van der Waals surface area (Å²) >= 11 is 0. The Morgan fingerprint density at radius 1 is 0.955 bits per heavy atom. The first kappa shape index (κ1) is 14.3. The van der Waals surface area contributed by atoms with E-state index in [1.165, 1.54) is 5.56 Å². The molecule has 0 fully saturated rings. The van der Waals surface area contributed by atoms with Crippen molar-refractivity contribution in [1.82, 2.24) is 10.2 Å². The van der Waals surface area contributed by atoms with Crippen LogP contribution in [0.4, 0.5) is 0 Å². The van der Waals surface area contributed by atoms with Crippen molar-refractivity contribution in [3.05, 3.63) is 65.0 Å². The van der Waals surface area contributed by atoms with Gasteiger partial charge in [0.25, 0.3) is 5.89 Å². The molecule has 3 aromatic rings. The van der Waals surface area contributed by atoms with Gasteiger partial charge in [-0.3, -0.25) is 0 Å². The van der Waals surface area contributed by atoms with E-state index in [0.29, 0.717) is 11.8 Å². The number of nitrogens with zero attached hydrogens (tertiary/aromatic N) is 2. The fourth-order valence-corrected chi connectivity index (χ4v) is 2.31. The van der Waals surface area contributed by atoms with Gasteiger partial charge < -0.3 is 9.15 Å². The molecule has 0 saturated heterocycles. The van der Waals surface area contributed by atoms with E-state index in [-0.39, 0.29) is 6.61 Å². The molecule has 0 aliphatic heterocycles. The van der Waals surface area contributed by atoms with Gasteiger partial charge in [0, 0.05) is 5.56 Å². The summed E-state index contributed by atoms with van der Waals surface area (Å²) < 4.78 is 11.4. The minimum atomic E-state index is 0.267. The Balaban J connectivity index is 1.72.